The van der Waals surface area contributed by atoms with Crippen molar-refractivity contribution in [3.8, 4) is 5.75 Å². The number of nitrogens with one attached hydrogen (secondary N) is 1. The van der Waals surface area contributed by atoms with E-state index in [-0.39, 0.29) is 12.5 Å². The summed E-state index contributed by atoms with van der Waals surface area (Å²) in [6, 6.07) is 18.9. The van der Waals surface area contributed by atoms with Crippen LogP contribution in [-0.4, -0.2) is 18.7 Å². The zero-order valence-corrected chi connectivity index (χ0v) is 17.9. The highest BCUT2D eigenvalue weighted by atomic mass is 79.9. The summed E-state index contributed by atoms with van der Waals surface area (Å²) in [6.45, 7) is -0.129. The van der Waals surface area contributed by atoms with E-state index in [9.17, 15) is 4.79 Å². The number of nitrogens with zero attached hydrogens (tertiary/aromatic N) is 1. The molecule has 0 unspecified atom stereocenters. The van der Waals surface area contributed by atoms with Gasteiger partial charge in [0.25, 0.3) is 5.91 Å². The first kappa shape index (κ1) is 19.7. The van der Waals surface area contributed by atoms with Crippen LogP contribution in [0.4, 0.5) is 0 Å². The Bertz CT molecular complexity index is 928. The topological polar surface area (TPSA) is 63.8 Å². The second-order valence-corrected chi connectivity index (χ2v) is 8.05. The van der Waals surface area contributed by atoms with Gasteiger partial charge in [-0.3, -0.25) is 4.79 Å². The fourth-order valence-electron chi connectivity index (χ4n) is 1.98. The number of halogens is 2. The first-order chi connectivity index (χ1) is 13.1. The van der Waals surface area contributed by atoms with Crippen LogP contribution in [0, 0.1) is 0 Å². The number of furan rings is 1. The molecule has 0 saturated heterocycles. The standard InChI is InChI=1S/C19H14Br2N2O3S/c20-13-6-8-14(9-7-13)25-12-18(24)23-22-11-15-10-17(21)19(26-15)27-16-4-2-1-3-5-16/h1-11H,12H2,(H,23,24)/b22-11-. The molecule has 0 aliphatic carbocycles. The molecule has 0 atom stereocenters. The highest BCUT2D eigenvalue weighted by Crippen LogP contribution is 2.35. The largest absolute Gasteiger partial charge is 0.484 e. The summed E-state index contributed by atoms with van der Waals surface area (Å²) < 4.78 is 12.9. The van der Waals surface area contributed by atoms with Gasteiger partial charge in [0.2, 0.25) is 0 Å². The maximum Gasteiger partial charge on any atom is 0.277 e. The van der Waals surface area contributed by atoms with Crippen LogP contribution in [0.2, 0.25) is 0 Å². The Balaban J connectivity index is 1.50. The second kappa shape index (κ2) is 9.77. The number of hydrogen-bond donors (Lipinski definition) is 1. The van der Waals surface area contributed by atoms with E-state index in [1.165, 1.54) is 18.0 Å². The number of hydrazone groups is 1. The average molecular weight is 510 g/mol. The van der Waals surface area contributed by atoms with Crippen molar-refractivity contribution >= 4 is 55.7 Å². The van der Waals surface area contributed by atoms with Crippen molar-refractivity contribution in [1.29, 1.82) is 0 Å². The number of carbonyl (C=O) groups is 1. The van der Waals surface area contributed by atoms with Crippen LogP contribution >= 0.6 is 43.6 Å². The van der Waals surface area contributed by atoms with Gasteiger partial charge in [0.15, 0.2) is 11.7 Å². The molecule has 0 aliphatic rings. The summed E-state index contributed by atoms with van der Waals surface area (Å²) in [5.74, 6) is 0.767. The van der Waals surface area contributed by atoms with E-state index in [1.807, 2.05) is 42.5 Å². The number of ether oxygens (including phenoxy) is 1. The van der Waals surface area contributed by atoms with E-state index in [0.29, 0.717) is 16.6 Å². The molecule has 0 spiro atoms. The van der Waals surface area contributed by atoms with Gasteiger partial charge in [-0.2, -0.15) is 5.10 Å². The summed E-state index contributed by atoms with van der Waals surface area (Å²) >= 11 is 8.30. The lowest BCUT2D eigenvalue weighted by Crippen LogP contribution is -2.24. The molecular formula is C19H14Br2N2O3S. The zero-order chi connectivity index (χ0) is 19.1. The Morgan fingerprint density at radius 3 is 2.63 bits per heavy atom. The molecule has 0 radical (unpaired) electrons. The maximum atomic E-state index is 11.8. The molecule has 1 aromatic heterocycles. The Labute approximate surface area is 177 Å². The molecule has 8 heteroatoms. The Kier molecular flexibility index (Phi) is 7.14. The van der Waals surface area contributed by atoms with Crippen LogP contribution in [0.5, 0.6) is 5.75 Å². The summed E-state index contributed by atoms with van der Waals surface area (Å²) in [5, 5.41) is 4.61. The monoisotopic (exact) mass is 508 g/mol. The van der Waals surface area contributed by atoms with Gasteiger partial charge < -0.3 is 9.15 Å². The molecule has 0 aliphatic heterocycles. The number of benzene rings is 2. The lowest BCUT2D eigenvalue weighted by molar-refractivity contribution is -0.123. The van der Waals surface area contributed by atoms with Gasteiger partial charge in [0, 0.05) is 15.4 Å². The van der Waals surface area contributed by atoms with Crippen LogP contribution in [0.3, 0.4) is 0 Å². The van der Waals surface area contributed by atoms with Gasteiger partial charge in [-0.05, 0) is 52.3 Å². The summed E-state index contributed by atoms with van der Waals surface area (Å²) in [5.41, 5.74) is 2.41. The minimum Gasteiger partial charge on any atom is -0.484 e. The van der Waals surface area contributed by atoms with Gasteiger partial charge in [-0.1, -0.05) is 45.9 Å². The predicted molar refractivity (Wildman–Crippen MR) is 112 cm³/mol. The molecule has 138 valence electrons. The van der Waals surface area contributed by atoms with E-state index in [0.717, 1.165) is 13.8 Å². The minimum atomic E-state index is -0.362. The minimum absolute atomic E-state index is 0.129. The van der Waals surface area contributed by atoms with E-state index in [4.69, 9.17) is 9.15 Å². The lowest BCUT2D eigenvalue weighted by atomic mass is 10.3. The van der Waals surface area contributed by atoms with Crippen molar-refractivity contribution in [3.05, 3.63) is 75.4 Å². The van der Waals surface area contributed by atoms with Crippen molar-refractivity contribution in [3.63, 3.8) is 0 Å². The van der Waals surface area contributed by atoms with Gasteiger partial charge in [0.05, 0.1) is 10.7 Å². The molecule has 1 amide bonds. The number of carbonyl (C=O) groups excluding carboxylic acids is 1. The quantitative estimate of drug-likeness (QED) is 0.338. The van der Waals surface area contributed by atoms with Crippen LogP contribution < -0.4 is 10.2 Å². The van der Waals surface area contributed by atoms with E-state index in [1.54, 1.807) is 18.2 Å². The Morgan fingerprint density at radius 2 is 1.89 bits per heavy atom. The average Bonchev–Trinajstić information content (AvgIpc) is 3.01. The van der Waals surface area contributed by atoms with Crippen molar-refractivity contribution in [2.24, 2.45) is 5.10 Å². The van der Waals surface area contributed by atoms with E-state index >= 15 is 0 Å². The van der Waals surface area contributed by atoms with Gasteiger partial charge in [-0.15, -0.1) is 0 Å². The van der Waals surface area contributed by atoms with Crippen LogP contribution in [0.15, 0.2) is 89.1 Å². The second-order valence-electron chi connectivity index (χ2n) is 5.24. The third-order valence-electron chi connectivity index (χ3n) is 3.19. The SMILES string of the molecule is O=C(COc1ccc(Br)cc1)N/N=C\c1cc(Br)c(Sc2ccccc2)o1. The van der Waals surface area contributed by atoms with Gasteiger partial charge in [0.1, 0.15) is 11.5 Å². The maximum absolute atomic E-state index is 11.8. The molecule has 27 heavy (non-hydrogen) atoms. The molecule has 0 saturated carbocycles. The Hall–Kier alpha value is -2.03. The molecule has 0 fully saturated rings. The summed E-state index contributed by atoms with van der Waals surface area (Å²) in [4.78, 5) is 12.8. The van der Waals surface area contributed by atoms with Crippen molar-refractivity contribution < 1.29 is 13.9 Å². The van der Waals surface area contributed by atoms with Crippen molar-refractivity contribution in [1.82, 2.24) is 5.43 Å². The predicted octanol–water partition coefficient (Wildman–Crippen LogP) is 5.48. The molecule has 1 heterocycles. The number of rotatable bonds is 7. The molecular weight excluding hydrogens is 496 g/mol. The molecule has 3 rings (SSSR count). The lowest BCUT2D eigenvalue weighted by Gasteiger charge is -2.04. The number of amides is 1. The third kappa shape index (κ3) is 6.27. The normalized spacial score (nSPS) is 10.9. The zero-order valence-electron chi connectivity index (χ0n) is 13.9. The fourth-order valence-corrected chi connectivity index (χ4v) is 3.59. The van der Waals surface area contributed by atoms with Crippen LogP contribution in [0.1, 0.15) is 5.76 Å². The van der Waals surface area contributed by atoms with Crippen LogP contribution in [0.25, 0.3) is 0 Å². The highest BCUT2D eigenvalue weighted by Gasteiger charge is 2.09. The van der Waals surface area contributed by atoms with Crippen LogP contribution in [-0.2, 0) is 4.79 Å². The van der Waals surface area contributed by atoms with Gasteiger partial charge in [-0.25, -0.2) is 5.43 Å². The van der Waals surface area contributed by atoms with Crippen molar-refractivity contribution in [2.75, 3.05) is 6.61 Å². The van der Waals surface area contributed by atoms with Gasteiger partial charge >= 0.3 is 0 Å². The molecule has 5 nitrogen and oxygen atoms in total. The summed E-state index contributed by atoms with van der Waals surface area (Å²) in [7, 11) is 0. The fraction of sp³-hybridized carbons (Fsp3) is 0.0526. The summed E-state index contributed by atoms with van der Waals surface area (Å²) in [6.07, 6.45) is 1.44. The van der Waals surface area contributed by atoms with Crippen molar-refractivity contribution in [2.45, 2.75) is 9.99 Å². The molecule has 1 N–H and O–H groups in total. The molecule has 3 aromatic rings. The highest BCUT2D eigenvalue weighted by molar-refractivity contribution is 9.10. The Morgan fingerprint density at radius 1 is 1.15 bits per heavy atom. The first-order valence-electron chi connectivity index (χ1n) is 7.82. The van der Waals surface area contributed by atoms with E-state index in [2.05, 4.69) is 42.4 Å². The van der Waals surface area contributed by atoms with E-state index < -0.39 is 0 Å². The first-order valence-corrected chi connectivity index (χ1v) is 10.2. The molecule has 0 bridgehead atoms. The smallest absolute Gasteiger partial charge is 0.277 e. The molecule has 2 aromatic carbocycles. The number of hydrogen-bond acceptors (Lipinski definition) is 5. The third-order valence-corrected chi connectivity index (χ3v) is 5.57.